The Morgan fingerprint density at radius 3 is 2.21 bits per heavy atom. The normalized spacial score (nSPS) is 12.9. The number of carbonyl (C=O) groups excluding carboxylic acids is 1. The molecule has 0 bridgehead atoms. The van der Waals surface area contributed by atoms with Crippen molar-refractivity contribution >= 4 is 11.9 Å². The maximum Gasteiger partial charge on any atom is 0.416 e. The predicted molar refractivity (Wildman–Crippen MR) is 173 cm³/mol. The Labute approximate surface area is 276 Å². The number of hydrogen-bond acceptors (Lipinski definition) is 4. The van der Waals surface area contributed by atoms with Crippen molar-refractivity contribution in [2.75, 3.05) is 20.6 Å². The summed E-state index contributed by atoms with van der Waals surface area (Å²) in [5, 5.41) is 12.2. The molecule has 2 atom stereocenters. The molecule has 1 heterocycles. The van der Waals surface area contributed by atoms with Gasteiger partial charge in [-0.3, -0.25) is 14.4 Å². The number of rotatable bonds is 12. The summed E-state index contributed by atoms with van der Waals surface area (Å²) in [5.74, 6) is 0.137. The Bertz CT molecular complexity index is 1780. The van der Waals surface area contributed by atoms with Crippen LogP contribution in [0.25, 0.3) is 11.1 Å². The zero-order chi connectivity index (χ0) is 36.1. The maximum absolute atomic E-state index is 16.5. The standard InChI is InChI=1S/C36H40F5N3O4/c1-8-10-23-16-25(31-21(4)11-9-12-22(31)5)34(38)32(33(23)37)27(18-30(46)47)42-35(48)28(15-20(2)3)44-19-24(13-14-43(6)7)26(17-29(44)45)36(39,40)41/h9,11-12,16-17,19-20,27-28H,13-15,18H2,1-7H3,(H,42,48)(H,46,47)/t27-,28-/m0/s1. The number of carbonyl (C=O) groups is 2. The summed E-state index contributed by atoms with van der Waals surface area (Å²) in [7, 11) is 3.35. The first-order valence-electron chi connectivity index (χ1n) is 15.4. The molecule has 7 nitrogen and oxygen atoms in total. The summed E-state index contributed by atoms with van der Waals surface area (Å²) in [6.45, 7) is 8.57. The molecule has 0 fully saturated rings. The quantitative estimate of drug-likeness (QED) is 0.163. The molecular weight excluding hydrogens is 633 g/mol. The molecule has 48 heavy (non-hydrogen) atoms. The molecule has 0 saturated heterocycles. The van der Waals surface area contributed by atoms with Crippen LogP contribution in [-0.4, -0.2) is 47.1 Å². The van der Waals surface area contributed by atoms with Gasteiger partial charge in [0.15, 0.2) is 0 Å². The molecule has 2 N–H and O–H groups in total. The van der Waals surface area contributed by atoms with E-state index in [0.29, 0.717) is 22.8 Å². The van der Waals surface area contributed by atoms with Gasteiger partial charge in [0.05, 0.1) is 23.6 Å². The van der Waals surface area contributed by atoms with Gasteiger partial charge < -0.3 is 19.9 Å². The Kier molecular flexibility index (Phi) is 12.3. The molecule has 1 amide bonds. The van der Waals surface area contributed by atoms with E-state index in [0.717, 1.165) is 10.8 Å². The van der Waals surface area contributed by atoms with Crippen molar-refractivity contribution in [1.29, 1.82) is 0 Å². The third-order valence-electron chi connectivity index (χ3n) is 7.92. The molecule has 0 saturated carbocycles. The lowest BCUT2D eigenvalue weighted by Crippen LogP contribution is -2.41. The van der Waals surface area contributed by atoms with Crippen molar-refractivity contribution < 1.29 is 36.6 Å². The number of nitrogens with zero attached hydrogens (tertiary/aromatic N) is 2. The number of pyridine rings is 1. The molecule has 0 radical (unpaired) electrons. The van der Waals surface area contributed by atoms with Crippen LogP contribution in [-0.2, 0) is 22.2 Å². The largest absolute Gasteiger partial charge is 0.481 e. The molecule has 0 aliphatic heterocycles. The SMILES string of the molecule is CC#Cc1cc(-c2c(C)cccc2C)c(F)c([C@H](CC(=O)O)NC(=O)[C@H](CC(C)C)n2cc(CCN(C)C)c(C(F)(F)F)cc2=O)c1F. The van der Waals surface area contributed by atoms with Crippen LogP contribution in [0.15, 0.2) is 41.3 Å². The molecule has 3 aromatic rings. The second-order valence-corrected chi connectivity index (χ2v) is 12.5. The summed E-state index contributed by atoms with van der Waals surface area (Å²) in [6, 6.07) is 3.69. The van der Waals surface area contributed by atoms with E-state index in [1.165, 1.54) is 13.0 Å². The number of likely N-dealkylation sites (N-methyl/N-ethyl adjacent to an activating group) is 1. The molecule has 0 unspecified atom stereocenters. The van der Waals surface area contributed by atoms with E-state index in [1.54, 1.807) is 64.9 Å². The van der Waals surface area contributed by atoms with E-state index in [2.05, 4.69) is 17.2 Å². The number of aryl methyl sites for hydroxylation is 2. The van der Waals surface area contributed by atoms with Gasteiger partial charge >= 0.3 is 12.1 Å². The fourth-order valence-corrected chi connectivity index (χ4v) is 5.71. The van der Waals surface area contributed by atoms with Crippen LogP contribution in [0, 0.1) is 43.2 Å². The number of aromatic nitrogens is 1. The number of hydrogen-bond donors (Lipinski definition) is 2. The zero-order valence-electron chi connectivity index (χ0n) is 28.0. The lowest BCUT2D eigenvalue weighted by Gasteiger charge is -2.27. The number of aliphatic carboxylic acids is 1. The van der Waals surface area contributed by atoms with Crippen molar-refractivity contribution in [2.45, 2.75) is 72.1 Å². The minimum Gasteiger partial charge on any atom is -0.481 e. The van der Waals surface area contributed by atoms with Crippen molar-refractivity contribution in [3.63, 3.8) is 0 Å². The third-order valence-corrected chi connectivity index (χ3v) is 7.92. The van der Waals surface area contributed by atoms with E-state index in [-0.39, 0.29) is 42.0 Å². The molecule has 1 aromatic heterocycles. The van der Waals surface area contributed by atoms with Crippen LogP contribution in [0.1, 0.15) is 79.1 Å². The van der Waals surface area contributed by atoms with E-state index < -0.39 is 64.9 Å². The van der Waals surface area contributed by atoms with Crippen LogP contribution in [0.2, 0.25) is 0 Å². The van der Waals surface area contributed by atoms with Gasteiger partial charge in [-0.15, -0.1) is 5.92 Å². The van der Waals surface area contributed by atoms with Gasteiger partial charge in [0.1, 0.15) is 17.7 Å². The molecule has 2 aromatic carbocycles. The summed E-state index contributed by atoms with van der Waals surface area (Å²) in [4.78, 5) is 40.9. The van der Waals surface area contributed by atoms with E-state index in [4.69, 9.17) is 0 Å². The van der Waals surface area contributed by atoms with Gasteiger partial charge in [0.25, 0.3) is 5.56 Å². The number of halogens is 5. The first kappa shape index (κ1) is 38.0. The Morgan fingerprint density at radius 2 is 1.69 bits per heavy atom. The highest BCUT2D eigenvalue weighted by Crippen LogP contribution is 2.37. The second kappa shape index (κ2) is 15.6. The third kappa shape index (κ3) is 8.89. The molecular formula is C36H40F5N3O4. The van der Waals surface area contributed by atoms with Crippen LogP contribution < -0.4 is 10.9 Å². The summed E-state index contributed by atoms with van der Waals surface area (Å²) in [5.41, 5.74) is -1.72. The molecule has 258 valence electrons. The average Bonchev–Trinajstić information content (AvgIpc) is 2.96. The van der Waals surface area contributed by atoms with E-state index >= 15 is 8.78 Å². The molecule has 0 spiro atoms. The molecule has 0 aliphatic carbocycles. The monoisotopic (exact) mass is 673 g/mol. The number of amides is 1. The highest BCUT2D eigenvalue weighted by atomic mass is 19.4. The predicted octanol–water partition coefficient (Wildman–Crippen LogP) is 6.82. The highest BCUT2D eigenvalue weighted by Gasteiger charge is 2.36. The summed E-state index contributed by atoms with van der Waals surface area (Å²) in [6.07, 6.45) is -4.94. The van der Waals surface area contributed by atoms with Crippen molar-refractivity contribution in [3.8, 4) is 23.0 Å². The smallest absolute Gasteiger partial charge is 0.416 e. The van der Waals surface area contributed by atoms with E-state index in [1.807, 2.05) is 0 Å². The van der Waals surface area contributed by atoms with Gasteiger partial charge in [-0.2, -0.15) is 13.2 Å². The lowest BCUT2D eigenvalue weighted by molar-refractivity contribution is -0.139. The number of benzene rings is 2. The zero-order valence-corrected chi connectivity index (χ0v) is 28.0. The van der Waals surface area contributed by atoms with Gasteiger partial charge in [-0.05, 0) is 81.9 Å². The number of carboxylic acids is 1. The minimum atomic E-state index is -4.84. The van der Waals surface area contributed by atoms with Crippen molar-refractivity contribution in [1.82, 2.24) is 14.8 Å². The van der Waals surface area contributed by atoms with Crippen molar-refractivity contribution in [3.05, 3.63) is 91.9 Å². The molecule has 0 aliphatic rings. The summed E-state index contributed by atoms with van der Waals surface area (Å²) >= 11 is 0. The molecule has 3 rings (SSSR count). The van der Waals surface area contributed by atoms with Gasteiger partial charge in [-0.25, -0.2) is 8.78 Å². The van der Waals surface area contributed by atoms with Gasteiger partial charge in [0, 0.05) is 29.9 Å². The number of carboxylic acid groups (broad SMARTS) is 1. The van der Waals surface area contributed by atoms with Crippen LogP contribution >= 0.6 is 0 Å². The van der Waals surface area contributed by atoms with Gasteiger partial charge in [-0.1, -0.05) is 38.0 Å². The Balaban J connectivity index is 2.25. The first-order chi connectivity index (χ1) is 22.4. The van der Waals surface area contributed by atoms with Crippen LogP contribution in [0.4, 0.5) is 22.0 Å². The Morgan fingerprint density at radius 1 is 1.06 bits per heavy atom. The van der Waals surface area contributed by atoms with Crippen LogP contribution in [0.3, 0.4) is 0 Å². The second-order valence-electron chi connectivity index (χ2n) is 12.5. The summed E-state index contributed by atoms with van der Waals surface area (Å²) < 4.78 is 75.2. The topological polar surface area (TPSA) is 91.6 Å². The number of alkyl halides is 3. The van der Waals surface area contributed by atoms with Gasteiger partial charge in [0.2, 0.25) is 5.91 Å². The van der Waals surface area contributed by atoms with Crippen molar-refractivity contribution in [2.24, 2.45) is 5.92 Å². The average molecular weight is 674 g/mol. The number of nitrogens with one attached hydrogen (secondary N) is 1. The Hall–Kier alpha value is -4.50. The highest BCUT2D eigenvalue weighted by molar-refractivity contribution is 5.82. The lowest BCUT2D eigenvalue weighted by atomic mass is 9.89. The fourth-order valence-electron chi connectivity index (χ4n) is 5.71. The fraction of sp³-hybridized carbons (Fsp3) is 0.417. The van der Waals surface area contributed by atoms with E-state index in [9.17, 15) is 32.7 Å². The first-order valence-corrected chi connectivity index (χ1v) is 15.4. The molecule has 12 heteroatoms. The minimum absolute atomic E-state index is 0.0485. The maximum atomic E-state index is 16.5. The van der Waals surface area contributed by atoms with Crippen LogP contribution in [0.5, 0.6) is 0 Å².